The van der Waals surface area contributed by atoms with Gasteiger partial charge in [-0.3, -0.25) is 14.4 Å². The summed E-state index contributed by atoms with van der Waals surface area (Å²) < 4.78 is 44.7. The quantitative estimate of drug-likeness (QED) is 0.149. The van der Waals surface area contributed by atoms with Crippen molar-refractivity contribution in [1.29, 1.82) is 0 Å². The maximum atomic E-state index is 16.2. The number of likely N-dealkylation sites (N-methyl/N-ethyl adjacent to an activating group) is 1. The average molecular weight is 611 g/mol. The van der Waals surface area contributed by atoms with Gasteiger partial charge in [0.25, 0.3) is 14.1 Å². The molecule has 1 amide bonds. The lowest BCUT2D eigenvalue weighted by Gasteiger charge is -2.43. The average Bonchev–Trinajstić information content (AvgIpc) is 2.97. The predicted octanol–water partition coefficient (Wildman–Crippen LogP) is 4.86. The standard InChI is InChI=1S/C33H40F2N2O5Si/c1-22-19-37(20-23(2)42-22)30-24(18-27(28(34)29(30)35)31(38)32(39)36(6)40-7)21-41-43(33(3,4)5,25-14-10-8-11-15-25)26-16-12-9-13-17-26/h8-18,22-23H,19-21H2,1-7H3/t22-,23+. The molecular formula is C33H40F2N2O5Si. The molecular weight excluding hydrogens is 570 g/mol. The molecule has 1 heterocycles. The van der Waals surface area contributed by atoms with E-state index >= 15 is 8.78 Å². The van der Waals surface area contributed by atoms with Gasteiger partial charge in [-0.1, -0.05) is 81.4 Å². The number of ketones is 1. The summed E-state index contributed by atoms with van der Waals surface area (Å²) >= 11 is 0. The summed E-state index contributed by atoms with van der Waals surface area (Å²) in [5.41, 5.74) is -0.406. The van der Waals surface area contributed by atoms with E-state index in [4.69, 9.17) is 14.0 Å². The van der Waals surface area contributed by atoms with Gasteiger partial charge in [0.1, 0.15) is 0 Å². The minimum atomic E-state index is -3.09. The van der Waals surface area contributed by atoms with Crippen molar-refractivity contribution in [2.75, 3.05) is 32.1 Å². The van der Waals surface area contributed by atoms with Gasteiger partial charge in [0.15, 0.2) is 11.6 Å². The molecule has 0 bridgehead atoms. The lowest BCUT2D eigenvalue weighted by molar-refractivity contribution is -0.162. The third-order valence-electron chi connectivity index (χ3n) is 7.86. The Kier molecular flexibility index (Phi) is 9.85. The molecule has 43 heavy (non-hydrogen) atoms. The molecule has 2 atom stereocenters. The molecule has 1 saturated heterocycles. The first-order valence-corrected chi connectivity index (χ1v) is 16.2. The van der Waals surface area contributed by atoms with Crippen LogP contribution in [-0.2, 0) is 25.4 Å². The molecule has 3 aromatic rings. The summed E-state index contributed by atoms with van der Waals surface area (Å²) in [6, 6.07) is 21.1. The van der Waals surface area contributed by atoms with Crippen LogP contribution in [0.1, 0.15) is 50.5 Å². The molecule has 4 rings (SSSR count). The number of carbonyl (C=O) groups is 2. The minimum Gasteiger partial charge on any atom is -0.403 e. The summed E-state index contributed by atoms with van der Waals surface area (Å²) in [6.07, 6.45) is -0.482. The molecule has 0 unspecified atom stereocenters. The Morgan fingerprint density at radius 3 is 1.93 bits per heavy atom. The molecule has 1 aliphatic heterocycles. The fourth-order valence-electron chi connectivity index (χ4n) is 5.94. The monoisotopic (exact) mass is 610 g/mol. The summed E-state index contributed by atoms with van der Waals surface area (Å²) in [6.45, 7) is 10.6. The van der Waals surface area contributed by atoms with Gasteiger partial charge >= 0.3 is 5.91 Å². The third-order valence-corrected chi connectivity index (χ3v) is 12.8. The second kappa shape index (κ2) is 13.0. The highest BCUT2D eigenvalue weighted by Crippen LogP contribution is 2.39. The third kappa shape index (κ3) is 6.42. The number of benzene rings is 3. The Bertz CT molecular complexity index is 1400. The van der Waals surface area contributed by atoms with Gasteiger partial charge in [0, 0.05) is 25.7 Å². The Morgan fingerprint density at radius 2 is 1.47 bits per heavy atom. The number of carbonyl (C=O) groups excluding carboxylic acids is 2. The van der Waals surface area contributed by atoms with Crippen LogP contribution in [0.2, 0.25) is 5.04 Å². The Labute approximate surface area is 253 Å². The smallest absolute Gasteiger partial charge is 0.318 e. The SMILES string of the molecule is CON(C)C(=O)C(=O)c1cc(CO[Si](c2ccccc2)(c2ccccc2)C(C)(C)C)c(N2C[C@@H](C)O[C@@H](C)C2)c(F)c1F. The molecule has 0 saturated carbocycles. The molecule has 10 heteroatoms. The van der Waals surface area contributed by atoms with Crippen molar-refractivity contribution in [1.82, 2.24) is 5.06 Å². The fraction of sp³-hybridized carbons (Fsp3) is 0.394. The first kappa shape index (κ1) is 32.5. The van der Waals surface area contributed by atoms with Gasteiger partial charge < -0.3 is 14.1 Å². The van der Waals surface area contributed by atoms with Crippen molar-refractivity contribution in [3.63, 3.8) is 0 Å². The van der Waals surface area contributed by atoms with E-state index < -0.39 is 37.2 Å². The number of Topliss-reactive ketones (excluding diaryl/α,β-unsaturated/α-hetero) is 1. The molecule has 7 nitrogen and oxygen atoms in total. The number of nitrogens with zero attached hydrogens (tertiary/aromatic N) is 2. The van der Waals surface area contributed by atoms with Crippen LogP contribution in [0.25, 0.3) is 0 Å². The first-order chi connectivity index (χ1) is 20.3. The minimum absolute atomic E-state index is 0.00141. The van der Waals surface area contributed by atoms with E-state index in [9.17, 15) is 9.59 Å². The molecule has 0 spiro atoms. The number of anilines is 1. The topological polar surface area (TPSA) is 68.3 Å². The van der Waals surface area contributed by atoms with Crippen molar-refractivity contribution in [3.8, 4) is 0 Å². The summed E-state index contributed by atoms with van der Waals surface area (Å²) in [5, 5.41) is 2.32. The first-order valence-electron chi connectivity index (χ1n) is 14.3. The van der Waals surface area contributed by atoms with E-state index in [2.05, 4.69) is 20.8 Å². The van der Waals surface area contributed by atoms with Gasteiger partial charge in [0.05, 0.1) is 37.2 Å². The molecule has 1 aliphatic rings. The van der Waals surface area contributed by atoms with Crippen molar-refractivity contribution in [3.05, 3.63) is 89.5 Å². The fourth-order valence-corrected chi connectivity index (χ4v) is 10.5. The van der Waals surface area contributed by atoms with Gasteiger partial charge in [-0.05, 0) is 35.3 Å². The molecule has 3 aromatic carbocycles. The number of halogens is 2. The van der Waals surface area contributed by atoms with Gasteiger partial charge in [-0.15, -0.1) is 0 Å². The van der Waals surface area contributed by atoms with E-state index in [0.29, 0.717) is 18.2 Å². The maximum Gasteiger partial charge on any atom is 0.318 e. The van der Waals surface area contributed by atoms with Crippen molar-refractivity contribution < 1.29 is 32.4 Å². The second-order valence-electron chi connectivity index (χ2n) is 12.0. The predicted molar refractivity (Wildman–Crippen MR) is 165 cm³/mol. The zero-order chi connectivity index (χ0) is 31.5. The van der Waals surface area contributed by atoms with Gasteiger partial charge in [-0.25, -0.2) is 13.8 Å². The van der Waals surface area contributed by atoms with Crippen LogP contribution in [0.3, 0.4) is 0 Å². The van der Waals surface area contributed by atoms with Crippen LogP contribution >= 0.6 is 0 Å². The number of rotatable bonds is 9. The summed E-state index contributed by atoms with van der Waals surface area (Å²) in [7, 11) is -0.660. The lowest BCUT2D eigenvalue weighted by Crippen LogP contribution is -2.66. The Morgan fingerprint density at radius 1 is 0.953 bits per heavy atom. The van der Waals surface area contributed by atoms with Crippen molar-refractivity contribution in [2.45, 2.75) is 58.5 Å². The molecule has 0 aromatic heterocycles. The van der Waals surface area contributed by atoms with E-state index in [1.54, 1.807) is 4.90 Å². The number of morpholine rings is 1. The Hall–Kier alpha value is -3.44. The zero-order valence-corrected chi connectivity index (χ0v) is 26.8. The van der Waals surface area contributed by atoms with E-state index in [-0.39, 0.29) is 35.1 Å². The molecule has 0 aliphatic carbocycles. The zero-order valence-electron chi connectivity index (χ0n) is 25.8. The Balaban J connectivity index is 1.91. The molecule has 0 N–H and O–H groups in total. The van der Waals surface area contributed by atoms with Crippen LogP contribution in [0, 0.1) is 11.6 Å². The van der Waals surface area contributed by atoms with Crippen molar-refractivity contribution in [2.24, 2.45) is 0 Å². The van der Waals surface area contributed by atoms with Crippen LogP contribution in [0.5, 0.6) is 0 Å². The molecule has 230 valence electrons. The largest absolute Gasteiger partial charge is 0.403 e. The number of ether oxygens (including phenoxy) is 1. The van der Waals surface area contributed by atoms with Crippen molar-refractivity contribution >= 4 is 36.1 Å². The van der Waals surface area contributed by atoms with Crippen LogP contribution in [-0.4, -0.2) is 64.5 Å². The highest BCUT2D eigenvalue weighted by atomic mass is 28.4. The van der Waals surface area contributed by atoms with E-state index in [1.165, 1.54) is 20.2 Å². The number of amides is 1. The van der Waals surface area contributed by atoms with E-state index in [0.717, 1.165) is 10.4 Å². The van der Waals surface area contributed by atoms with Crippen LogP contribution < -0.4 is 15.3 Å². The normalized spacial score (nSPS) is 17.6. The summed E-state index contributed by atoms with van der Waals surface area (Å²) in [4.78, 5) is 32.3. The maximum absolute atomic E-state index is 16.2. The molecule has 0 radical (unpaired) electrons. The lowest BCUT2D eigenvalue weighted by atomic mass is 10.0. The van der Waals surface area contributed by atoms with Crippen LogP contribution in [0.15, 0.2) is 66.7 Å². The van der Waals surface area contributed by atoms with Gasteiger partial charge in [0.2, 0.25) is 0 Å². The molecule has 1 fully saturated rings. The second-order valence-corrected chi connectivity index (χ2v) is 16.3. The van der Waals surface area contributed by atoms with Crippen LogP contribution in [0.4, 0.5) is 14.5 Å². The number of hydroxylamine groups is 2. The number of hydrogen-bond donors (Lipinski definition) is 0. The van der Waals surface area contributed by atoms with E-state index in [1.807, 2.05) is 74.5 Å². The number of hydrogen-bond acceptors (Lipinski definition) is 6. The highest BCUT2D eigenvalue weighted by molar-refractivity contribution is 6.99. The van der Waals surface area contributed by atoms with Gasteiger partial charge in [-0.2, -0.15) is 0 Å². The summed E-state index contributed by atoms with van der Waals surface area (Å²) in [5.74, 6) is -4.94. The highest BCUT2D eigenvalue weighted by Gasteiger charge is 2.50.